The third-order valence-corrected chi connectivity index (χ3v) is 5.28. The lowest BCUT2D eigenvalue weighted by atomic mass is 9.96. The molecule has 0 radical (unpaired) electrons. The number of primary amides is 1. The molecule has 3 rings (SSSR count). The van der Waals surface area contributed by atoms with Gasteiger partial charge in [-0.2, -0.15) is 5.10 Å². The van der Waals surface area contributed by atoms with Crippen LogP contribution in [0.25, 0.3) is 0 Å². The third-order valence-electron chi connectivity index (χ3n) is 5.28. The van der Waals surface area contributed by atoms with Gasteiger partial charge in [-0.15, -0.1) is 0 Å². The van der Waals surface area contributed by atoms with Gasteiger partial charge in [0.05, 0.1) is 12.3 Å². The molecule has 0 aromatic heterocycles. The summed E-state index contributed by atoms with van der Waals surface area (Å²) in [7, 11) is 0. The third kappa shape index (κ3) is 4.72. The van der Waals surface area contributed by atoms with Crippen molar-refractivity contribution >= 4 is 23.4 Å². The molecule has 3 amide bonds. The number of hydrogen-bond donors (Lipinski definition) is 1. The summed E-state index contributed by atoms with van der Waals surface area (Å²) < 4.78 is 0. The maximum atomic E-state index is 12.4. The van der Waals surface area contributed by atoms with E-state index in [1.807, 2.05) is 31.2 Å². The van der Waals surface area contributed by atoms with Crippen LogP contribution in [0.1, 0.15) is 43.2 Å². The smallest absolute Gasteiger partial charge is 0.243 e. The molecule has 2 heterocycles. The Hall–Kier alpha value is -2.70. The average molecular weight is 370 g/mol. The zero-order valence-electron chi connectivity index (χ0n) is 15.7. The quantitative estimate of drug-likeness (QED) is 0.849. The number of hydrazone groups is 1. The molecule has 0 unspecified atom stereocenters. The maximum Gasteiger partial charge on any atom is 0.243 e. The Bertz CT molecular complexity index is 749. The average Bonchev–Trinajstić information content (AvgIpc) is 2.68. The Balaban J connectivity index is 1.57. The van der Waals surface area contributed by atoms with Crippen LogP contribution in [0, 0.1) is 12.8 Å². The Morgan fingerprint density at radius 1 is 1.15 bits per heavy atom. The van der Waals surface area contributed by atoms with Gasteiger partial charge < -0.3 is 10.6 Å². The number of piperidine rings is 1. The highest BCUT2D eigenvalue weighted by Crippen LogP contribution is 2.19. The molecule has 7 nitrogen and oxygen atoms in total. The number of nitrogens with zero attached hydrogens (tertiary/aromatic N) is 3. The molecular weight excluding hydrogens is 344 g/mol. The van der Waals surface area contributed by atoms with Crippen molar-refractivity contribution < 1.29 is 14.4 Å². The molecule has 0 saturated carbocycles. The first-order chi connectivity index (χ1) is 12.9. The number of carbonyl (C=O) groups excluding carboxylic acids is 3. The van der Waals surface area contributed by atoms with Gasteiger partial charge in [0.1, 0.15) is 0 Å². The summed E-state index contributed by atoms with van der Waals surface area (Å²) in [6.07, 6.45) is 2.48. The van der Waals surface area contributed by atoms with Gasteiger partial charge in [0, 0.05) is 38.3 Å². The Kier molecular flexibility index (Phi) is 5.88. The largest absolute Gasteiger partial charge is 0.369 e. The molecule has 2 N–H and O–H groups in total. The summed E-state index contributed by atoms with van der Waals surface area (Å²) in [5, 5.41) is 5.91. The van der Waals surface area contributed by atoms with Gasteiger partial charge in [0.2, 0.25) is 17.7 Å². The molecule has 1 aromatic rings. The van der Waals surface area contributed by atoms with Gasteiger partial charge in [-0.25, -0.2) is 5.01 Å². The van der Waals surface area contributed by atoms with Crippen LogP contribution in [0.2, 0.25) is 0 Å². The highest BCUT2D eigenvalue weighted by molar-refractivity contribution is 6.04. The van der Waals surface area contributed by atoms with E-state index in [9.17, 15) is 14.4 Å². The molecule has 0 bridgehead atoms. The standard InChI is InChI=1S/C20H26N4O3/c1-14-2-4-15(5-3-14)17-6-7-19(26)24(22-17)13-10-18(25)23-11-8-16(9-12-23)20(21)27/h2-5,16H,6-13H2,1H3,(H2,21,27). The second-order valence-electron chi connectivity index (χ2n) is 7.24. The maximum absolute atomic E-state index is 12.4. The van der Waals surface area contributed by atoms with E-state index in [-0.39, 0.29) is 36.6 Å². The number of aryl methyl sites for hydroxylation is 1. The second-order valence-corrected chi connectivity index (χ2v) is 7.24. The van der Waals surface area contributed by atoms with Crippen LogP contribution in [-0.2, 0) is 14.4 Å². The molecule has 2 aliphatic heterocycles. The second kappa shape index (κ2) is 8.33. The first-order valence-corrected chi connectivity index (χ1v) is 9.46. The first-order valence-electron chi connectivity index (χ1n) is 9.46. The number of rotatable bonds is 5. The van der Waals surface area contributed by atoms with Crippen LogP contribution < -0.4 is 5.73 Å². The van der Waals surface area contributed by atoms with Crippen LogP contribution in [0.5, 0.6) is 0 Å². The minimum Gasteiger partial charge on any atom is -0.369 e. The Morgan fingerprint density at radius 3 is 2.44 bits per heavy atom. The number of likely N-dealkylation sites (tertiary alicyclic amines) is 1. The van der Waals surface area contributed by atoms with Crippen molar-refractivity contribution in [2.24, 2.45) is 16.8 Å². The normalized spacial score (nSPS) is 18.4. The van der Waals surface area contributed by atoms with Gasteiger partial charge in [-0.1, -0.05) is 29.8 Å². The zero-order chi connectivity index (χ0) is 19.4. The molecule has 0 spiro atoms. The van der Waals surface area contributed by atoms with E-state index in [1.54, 1.807) is 4.90 Å². The van der Waals surface area contributed by atoms with Crippen molar-refractivity contribution in [3.8, 4) is 0 Å². The fourth-order valence-corrected chi connectivity index (χ4v) is 3.50. The summed E-state index contributed by atoms with van der Waals surface area (Å²) >= 11 is 0. The summed E-state index contributed by atoms with van der Waals surface area (Å²) in [4.78, 5) is 37.6. The van der Waals surface area contributed by atoms with Crippen molar-refractivity contribution in [2.45, 2.75) is 39.0 Å². The van der Waals surface area contributed by atoms with Crippen LogP contribution in [0.4, 0.5) is 0 Å². The van der Waals surface area contributed by atoms with Crippen molar-refractivity contribution in [3.63, 3.8) is 0 Å². The zero-order valence-corrected chi connectivity index (χ0v) is 15.7. The molecular formula is C20H26N4O3. The summed E-state index contributed by atoms with van der Waals surface area (Å²) in [5.41, 5.74) is 8.39. The first kappa shape index (κ1) is 19.1. The molecule has 1 saturated heterocycles. The van der Waals surface area contributed by atoms with Gasteiger partial charge in [-0.3, -0.25) is 14.4 Å². The van der Waals surface area contributed by atoms with E-state index in [0.29, 0.717) is 38.8 Å². The minimum atomic E-state index is -0.293. The van der Waals surface area contributed by atoms with Gasteiger partial charge in [0.25, 0.3) is 0 Å². The predicted octanol–water partition coefficient (Wildman–Crippen LogP) is 1.44. The van der Waals surface area contributed by atoms with Crippen LogP contribution in [0.3, 0.4) is 0 Å². The molecule has 7 heteroatoms. The van der Waals surface area contributed by atoms with Crippen molar-refractivity contribution in [1.29, 1.82) is 0 Å². The Morgan fingerprint density at radius 2 is 1.81 bits per heavy atom. The number of amides is 3. The number of hydrogen-bond acceptors (Lipinski definition) is 4. The van der Waals surface area contributed by atoms with Crippen LogP contribution in [-0.4, -0.2) is 53.0 Å². The number of carbonyl (C=O) groups is 3. The highest BCUT2D eigenvalue weighted by Gasteiger charge is 2.27. The molecule has 0 aliphatic carbocycles. The van der Waals surface area contributed by atoms with Gasteiger partial charge >= 0.3 is 0 Å². The SMILES string of the molecule is Cc1ccc(C2=NN(CCC(=O)N3CCC(C(N)=O)CC3)C(=O)CC2)cc1. The van der Waals surface area contributed by atoms with Crippen molar-refractivity contribution in [2.75, 3.05) is 19.6 Å². The fourth-order valence-electron chi connectivity index (χ4n) is 3.50. The number of nitrogens with two attached hydrogens (primary N) is 1. The van der Waals surface area contributed by atoms with E-state index in [0.717, 1.165) is 11.3 Å². The summed E-state index contributed by atoms with van der Waals surface area (Å²) in [6, 6.07) is 8.07. The van der Waals surface area contributed by atoms with E-state index >= 15 is 0 Å². The van der Waals surface area contributed by atoms with E-state index in [1.165, 1.54) is 10.6 Å². The minimum absolute atomic E-state index is 0.0108. The predicted molar refractivity (Wildman–Crippen MR) is 102 cm³/mol. The van der Waals surface area contributed by atoms with Crippen molar-refractivity contribution in [3.05, 3.63) is 35.4 Å². The molecule has 144 valence electrons. The molecule has 27 heavy (non-hydrogen) atoms. The number of benzene rings is 1. The lowest BCUT2D eigenvalue weighted by molar-refractivity contribution is -0.137. The monoisotopic (exact) mass is 370 g/mol. The van der Waals surface area contributed by atoms with Crippen LogP contribution in [0.15, 0.2) is 29.4 Å². The molecule has 0 atom stereocenters. The topological polar surface area (TPSA) is 96.1 Å². The fraction of sp³-hybridized carbons (Fsp3) is 0.500. The highest BCUT2D eigenvalue weighted by atomic mass is 16.2. The molecule has 2 aliphatic rings. The van der Waals surface area contributed by atoms with E-state index in [2.05, 4.69) is 5.10 Å². The summed E-state index contributed by atoms with van der Waals surface area (Å²) in [5.74, 6) is -0.493. The van der Waals surface area contributed by atoms with E-state index < -0.39 is 0 Å². The van der Waals surface area contributed by atoms with Gasteiger partial charge in [0.15, 0.2) is 0 Å². The lowest BCUT2D eigenvalue weighted by Crippen LogP contribution is -2.43. The molecule has 1 fully saturated rings. The van der Waals surface area contributed by atoms with Gasteiger partial charge in [-0.05, 0) is 25.3 Å². The molecule has 1 aromatic carbocycles. The van der Waals surface area contributed by atoms with Crippen LogP contribution >= 0.6 is 0 Å². The Labute approximate surface area is 159 Å². The summed E-state index contributed by atoms with van der Waals surface area (Å²) in [6.45, 7) is 3.39. The van der Waals surface area contributed by atoms with E-state index in [4.69, 9.17) is 5.73 Å². The van der Waals surface area contributed by atoms with Crippen molar-refractivity contribution in [1.82, 2.24) is 9.91 Å². The lowest BCUT2D eigenvalue weighted by Gasteiger charge is -2.31.